The first-order valence-corrected chi connectivity index (χ1v) is 5.35. The lowest BCUT2D eigenvalue weighted by Crippen LogP contribution is -2.44. The van der Waals surface area contributed by atoms with Gasteiger partial charge in [-0.25, -0.2) is 0 Å². The van der Waals surface area contributed by atoms with Gasteiger partial charge >= 0.3 is 0 Å². The molecule has 2 rings (SSSR count). The Morgan fingerprint density at radius 1 is 1.41 bits per heavy atom. The number of hydrogen-bond acceptors (Lipinski definition) is 5. The van der Waals surface area contributed by atoms with Gasteiger partial charge in [-0.3, -0.25) is 10.1 Å². The molecule has 17 heavy (non-hydrogen) atoms. The van der Waals surface area contributed by atoms with Gasteiger partial charge in [0.05, 0.1) is 23.7 Å². The van der Waals surface area contributed by atoms with Crippen LogP contribution in [0, 0.1) is 10.1 Å². The second-order valence-corrected chi connectivity index (χ2v) is 4.02. The molecular formula is C11H14N2O4. The topological polar surface area (TPSA) is 87.6 Å². The van der Waals surface area contributed by atoms with Crippen LogP contribution < -0.4 is 5.73 Å². The molecule has 0 spiro atoms. The van der Waals surface area contributed by atoms with Gasteiger partial charge in [-0.2, -0.15) is 0 Å². The van der Waals surface area contributed by atoms with Crippen LogP contribution in [0.5, 0.6) is 0 Å². The van der Waals surface area contributed by atoms with E-state index >= 15 is 0 Å². The molecule has 0 aliphatic carbocycles. The fourth-order valence-electron chi connectivity index (χ4n) is 1.60. The number of benzene rings is 1. The number of nitrogens with zero attached hydrogens (tertiary/aromatic N) is 1. The zero-order valence-corrected chi connectivity index (χ0v) is 9.41. The molecule has 1 aliphatic rings. The fourth-order valence-corrected chi connectivity index (χ4v) is 1.60. The summed E-state index contributed by atoms with van der Waals surface area (Å²) >= 11 is 0. The maximum absolute atomic E-state index is 10.5. The summed E-state index contributed by atoms with van der Waals surface area (Å²) < 4.78 is 11.0. The van der Waals surface area contributed by atoms with Gasteiger partial charge in [-0.1, -0.05) is 0 Å². The molecule has 0 aromatic heterocycles. The Hall–Kier alpha value is -1.50. The Kier molecular flexibility index (Phi) is 3.37. The van der Waals surface area contributed by atoms with Crippen molar-refractivity contribution in [3.05, 3.63) is 39.9 Å². The number of rotatable bonds is 2. The summed E-state index contributed by atoms with van der Waals surface area (Å²) in [5, 5.41) is 10.5. The highest BCUT2D eigenvalue weighted by Crippen LogP contribution is 2.26. The highest BCUT2D eigenvalue weighted by Gasteiger charge is 2.27. The number of non-ortho nitro benzene ring substituents is 1. The molecule has 1 saturated heterocycles. The summed E-state index contributed by atoms with van der Waals surface area (Å²) in [4.78, 5) is 10.1. The SMILES string of the molecule is C[C@@H]1O[C@H](c2ccc([N+](=O)[O-])cc2)OC[C@H]1N. The summed E-state index contributed by atoms with van der Waals surface area (Å²) in [5.41, 5.74) is 6.55. The summed E-state index contributed by atoms with van der Waals surface area (Å²) in [5.74, 6) is 0. The molecule has 92 valence electrons. The number of hydrogen-bond donors (Lipinski definition) is 1. The van der Waals surface area contributed by atoms with Crippen LogP contribution in [0.25, 0.3) is 0 Å². The Balaban J connectivity index is 2.10. The molecule has 2 N–H and O–H groups in total. The van der Waals surface area contributed by atoms with E-state index in [0.717, 1.165) is 5.56 Å². The first-order valence-electron chi connectivity index (χ1n) is 5.35. The molecule has 1 aromatic rings. The second kappa shape index (κ2) is 4.79. The Labute approximate surface area is 98.5 Å². The van der Waals surface area contributed by atoms with Gasteiger partial charge in [0.25, 0.3) is 5.69 Å². The van der Waals surface area contributed by atoms with E-state index in [1.54, 1.807) is 12.1 Å². The van der Waals surface area contributed by atoms with Crippen LogP contribution in [0.15, 0.2) is 24.3 Å². The van der Waals surface area contributed by atoms with Crippen LogP contribution in [-0.2, 0) is 9.47 Å². The molecule has 3 atom stereocenters. The molecule has 0 saturated carbocycles. The van der Waals surface area contributed by atoms with Crippen LogP contribution in [0.1, 0.15) is 18.8 Å². The third-order valence-corrected chi connectivity index (χ3v) is 2.76. The largest absolute Gasteiger partial charge is 0.347 e. The van der Waals surface area contributed by atoms with E-state index in [4.69, 9.17) is 15.2 Å². The van der Waals surface area contributed by atoms with Crippen LogP contribution in [0.3, 0.4) is 0 Å². The molecule has 0 amide bonds. The lowest BCUT2D eigenvalue weighted by atomic mass is 10.1. The highest BCUT2D eigenvalue weighted by molar-refractivity contribution is 5.33. The Morgan fingerprint density at radius 3 is 2.59 bits per heavy atom. The minimum Gasteiger partial charge on any atom is -0.347 e. The number of nitrogens with two attached hydrogens (primary N) is 1. The average Bonchev–Trinajstić information content (AvgIpc) is 2.33. The zero-order valence-electron chi connectivity index (χ0n) is 9.41. The molecule has 6 heteroatoms. The van der Waals surface area contributed by atoms with E-state index in [-0.39, 0.29) is 17.8 Å². The van der Waals surface area contributed by atoms with Gasteiger partial charge in [0.2, 0.25) is 0 Å². The summed E-state index contributed by atoms with van der Waals surface area (Å²) in [7, 11) is 0. The molecular weight excluding hydrogens is 224 g/mol. The van der Waals surface area contributed by atoms with Crippen molar-refractivity contribution in [2.45, 2.75) is 25.4 Å². The lowest BCUT2D eigenvalue weighted by molar-refractivity contribution is -0.384. The molecule has 0 unspecified atom stereocenters. The number of nitro groups is 1. The Morgan fingerprint density at radius 2 is 2.06 bits per heavy atom. The fraction of sp³-hybridized carbons (Fsp3) is 0.455. The maximum Gasteiger partial charge on any atom is 0.269 e. The highest BCUT2D eigenvalue weighted by atomic mass is 16.7. The molecule has 0 radical (unpaired) electrons. The number of ether oxygens (including phenoxy) is 2. The van der Waals surface area contributed by atoms with Gasteiger partial charge in [0.15, 0.2) is 6.29 Å². The first kappa shape index (κ1) is 12.0. The van der Waals surface area contributed by atoms with Crippen molar-refractivity contribution < 1.29 is 14.4 Å². The molecule has 1 aromatic carbocycles. The minimum absolute atomic E-state index is 0.0503. The van der Waals surface area contributed by atoms with Crippen molar-refractivity contribution in [1.82, 2.24) is 0 Å². The van der Waals surface area contributed by atoms with Gasteiger partial charge in [0, 0.05) is 17.7 Å². The molecule has 1 aliphatic heterocycles. The van der Waals surface area contributed by atoms with Crippen molar-refractivity contribution >= 4 is 5.69 Å². The summed E-state index contributed by atoms with van der Waals surface area (Å²) in [6, 6.07) is 5.99. The van der Waals surface area contributed by atoms with Gasteiger partial charge in [0.1, 0.15) is 0 Å². The van der Waals surface area contributed by atoms with Crippen molar-refractivity contribution in [3.8, 4) is 0 Å². The van der Waals surface area contributed by atoms with Crippen LogP contribution >= 0.6 is 0 Å². The quantitative estimate of drug-likeness (QED) is 0.620. The lowest BCUT2D eigenvalue weighted by Gasteiger charge is -2.32. The van der Waals surface area contributed by atoms with E-state index in [1.807, 2.05) is 6.92 Å². The van der Waals surface area contributed by atoms with E-state index in [0.29, 0.717) is 6.61 Å². The summed E-state index contributed by atoms with van der Waals surface area (Å²) in [6.07, 6.45) is -0.588. The smallest absolute Gasteiger partial charge is 0.269 e. The van der Waals surface area contributed by atoms with Crippen LogP contribution in [0.2, 0.25) is 0 Å². The average molecular weight is 238 g/mol. The zero-order chi connectivity index (χ0) is 12.4. The maximum atomic E-state index is 10.5. The second-order valence-electron chi connectivity index (χ2n) is 4.02. The molecule has 6 nitrogen and oxygen atoms in total. The van der Waals surface area contributed by atoms with Crippen LogP contribution in [-0.4, -0.2) is 23.7 Å². The van der Waals surface area contributed by atoms with E-state index in [1.165, 1.54) is 12.1 Å². The normalized spacial score (nSPS) is 28.9. The molecule has 0 bridgehead atoms. The monoisotopic (exact) mass is 238 g/mol. The van der Waals surface area contributed by atoms with E-state index in [9.17, 15) is 10.1 Å². The van der Waals surface area contributed by atoms with E-state index in [2.05, 4.69) is 0 Å². The minimum atomic E-state index is -0.495. The van der Waals surface area contributed by atoms with Crippen molar-refractivity contribution in [2.75, 3.05) is 6.61 Å². The summed E-state index contributed by atoms with van der Waals surface area (Å²) in [6.45, 7) is 2.30. The van der Waals surface area contributed by atoms with Crippen molar-refractivity contribution in [2.24, 2.45) is 5.73 Å². The standard InChI is InChI=1S/C11H14N2O4/c1-7-10(12)6-16-11(17-7)8-2-4-9(5-3-8)13(14)15/h2-5,7,10-11H,6,12H2,1H3/t7-,10+,11+/m0/s1. The van der Waals surface area contributed by atoms with Gasteiger partial charge in [-0.05, 0) is 19.1 Å². The number of nitro benzene ring substituents is 1. The van der Waals surface area contributed by atoms with Crippen molar-refractivity contribution in [3.63, 3.8) is 0 Å². The third-order valence-electron chi connectivity index (χ3n) is 2.76. The predicted octanol–water partition coefficient (Wildman–Crippen LogP) is 1.36. The van der Waals surface area contributed by atoms with Crippen LogP contribution in [0.4, 0.5) is 5.69 Å². The van der Waals surface area contributed by atoms with E-state index < -0.39 is 11.2 Å². The third kappa shape index (κ3) is 2.60. The van der Waals surface area contributed by atoms with Gasteiger partial charge in [-0.15, -0.1) is 0 Å². The molecule has 1 fully saturated rings. The first-order chi connectivity index (χ1) is 8.08. The van der Waals surface area contributed by atoms with Crippen molar-refractivity contribution in [1.29, 1.82) is 0 Å². The predicted molar refractivity (Wildman–Crippen MR) is 60.3 cm³/mol. The molecule has 1 heterocycles. The van der Waals surface area contributed by atoms with Gasteiger partial charge < -0.3 is 15.2 Å². The Bertz CT molecular complexity index is 406.